The van der Waals surface area contributed by atoms with Gasteiger partial charge in [0.05, 0.1) is 0 Å². The molecule has 7 heteroatoms. The zero-order chi connectivity index (χ0) is 4.50. The van der Waals surface area contributed by atoms with Crippen LogP contribution in [-0.2, 0) is 11.9 Å². The molecule has 0 amide bonds. The van der Waals surface area contributed by atoms with Gasteiger partial charge in [0, 0.05) is 0 Å². The van der Waals surface area contributed by atoms with Gasteiger partial charge in [0.15, 0.2) is 0 Å². The van der Waals surface area contributed by atoms with E-state index >= 15 is 0 Å². The molecule has 0 saturated carbocycles. The van der Waals surface area contributed by atoms with Crippen LogP contribution in [0.4, 0.5) is 0 Å². The van der Waals surface area contributed by atoms with Crippen molar-refractivity contribution in [1.82, 2.24) is 0 Å². The van der Waals surface area contributed by atoms with E-state index in [-0.39, 0.29) is 12.3 Å². The zero-order valence-electron chi connectivity index (χ0n) is 2.98. The molecule has 0 saturated heterocycles. The van der Waals surface area contributed by atoms with Gasteiger partial charge in [0.1, 0.15) is 0 Å². The van der Waals surface area contributed by atoms with Crippen molar-refractivity contribution in [2.45, 2.75) is 0 Å². The molecule has 0 rings (SSSR count). The Bertz CT molecular complexity index is 25.2. The minimum atomic E-state index is -3.06. The van der Waals surface area contributed by atoms with Gasteiger partial charge in [0.25, 0.3) is 0 Å². The van der Waals surface area contributed by atoms with Gasteiger partial charge >= 0.3 is 49.6 Å². The van der Waals surface area contributed by atoms with Crippen LogP contribution in [0.5, 0.6) is 0 Å². The fraction of sp³-hybridized carbons (Fsp3) is 0. The Morgan fingerprint density at radius 1 is 0.714 bits per heavy atom. The molecule has 0 aromatic heterocycles. The van der Waals surface area contributed by atoms with Crippen LogP contribution in [0.15, 0.2) is 0 Å². The minimum absolute atomic E-state index is 0. The monoisotopic (exact) mass is 367 g/mol. The Labute approximate surface area is 61.5 Å². The van der Waals surface area contributed by atoms with E-state index in [9.17, 15) is 0 Å². The summed E-state index contributed by atoms with van der Waals surface area (Å²) >= 11 is -3.06. The summed E-state index contributed by atoms with van der Waals surface area (Å²) < 4.78 is 0. The first kappa shape index (κ1) is 15.9. The Balaban J connectivity index is -0.0000000800. The third-order valence-corrected chi connectivity index (χ3v) is 0. The predicted molar refractivity (Wildman–Crippen MR) is 34.0 cm³/mol. The van der Waals surface area contributed by atoms with Crippen LogP contribution >= 0.6 is 37.7 Å². The molecule has 0 atom stereocenters. The second-order valence-electron chi connectivity index (χ2n) is 0.271. The molecule has 0 aromatic rings. The van der Waals surface area contributed by atoms with Crippen molar-refractivity contribution in [3.8, 4) is 0 Å². The first-order valence-corrected chi connectivity index (χ1v) is 11.7. The number of rotatable bonds is 0. The van der Waals surface area contributed by atoms with Crippen LogP contribution < -0.4 is 0 Å². The summed E-state index contributed by atoms with van der Waals surface area (Å²) in [5.74, 6) is 0. The van der Waals surface area contributed by atoms with Crippen LogP contribution in [0, 0.1) is 0 Å². The van der Waals surface area contributed by atoms with Crippen molar-refractivity contribution in [1.29, 1.82) is 0 Å². The smallest absolute Gasteiger partial charge is 0.693 e. The van der Waals surface area contributed by atoms with Gasteiger partial charge in [-0.1, -0.05) is 0 Å². The van der Waals surface area contributed by atoms with Crippen molar-refractivity contribution in [3.63, 3.8) is 0 Å². The van der Waals surface area contributed by atoms with E-state index in [2.05, 4.69) is 0 Å². The summed E-state index contributed by atoms with van der Waals surface area (Å²) in [5.41, 5.74) is 0. The van der Waals surface area contributed by atoms with Crippen molar-refractivity contribution in [2.24, 2.45) is 0 Å². The van der Waals surface area contributed by atoms with Crippen LogP contribution in [0.3, 0.4) is 0 Å². The van der Waals surface area contributed by atoms with E-state index in [4.69, 9.17) is 37.7 Å². The number of nitrogens with two attached hydrogens (primary N) is 2. The SMILES string of the molecule is [Cl][Pt]([Cl])([Cl])[Cl].[NH2-].[NH2-]. The average Bonchev–Trinajstić information content (AvgIpc) is 0.722. The normalized spacial score (nSPS) is 10.9. The van der Waals surface area contributed by atoms with Gasteiger partial charge in [0.2, 0.25) is 0 Å². The van der Waals surface area contributed by atoms with Crippen LogP contribution in [0.25, 0.3) is 12.3 Å². The van der Waals surface area contributed by atoms with E-state index in [1.54, 1.807) is 0 Å². The molecule has 7 heavy (non-hydrogen) atoms. The van der Waals surface area contributed by atoms with Gasteiger partial charge in [-0.15, -0.1) is 0 Å². The summed E-state index contributed by atoms with van der Waals surface area (Å²) in [6.07, 6.45) is 0. The fourth-order valence-electron chi connectivity index (χ4n) is 0. The van der Waals surface area contributed by atoms with E-state index in [0.717, 1.165) is 0 Å². The number of hydrogen-bond donors (Lipinski definition) is 0. The predicted octanol–water partition coefficient (Wildman–Crippen LogP) is 4.19. The van der Waals surface area contributed by atoms with E-state index in [1.165, 1.54) is 0 Å². The summed E-state index contributed by atoms with van der Waals surface area (Å²) in [5, 5.41) is 0. The van der Waals surface area contributed by atoms with Crippen LogP contribution in [0.1, 0.15) is 0 Å². The number of halogens is 4. The fourth-order valence-corrected chi connectivity index (χ4v) is 0. The van der Waals surface area contributed by atoms with Gasteiger partial charge in [-0.2, -0.15) is 0 Å². The van der Waals surface area contributed by atoms with Gasteiger partial charge < -0.3 is 12.3 Å². The Kier molecular flexibility index (Phi) is 13.4. The third-order valence-electron chi connectivity index (χ3n) is 0. The molecule has 0 bridgehead atoms. The summed E-state index contributed by atoms with van der Waals surface area (Å²) in [6, 6.07) is 0. The molecule has 0 aliphatic heterocycles. The second kappa shape index (κ2) is 5.90. The maximum Gasteiger partial charge on any atom is -0.693 e. The van der Waals surface area contributed by atoms with Crippen molar-refractivity contribution >= 4 is 37.7 Å². The topological polar surface area (TPSA) is 67.0 Å². The van der Waals surface area contributed by atoms with Crippen molar-refractivity contribution < 1.29 is 11.9 Å². The maximum atomic E-state index is 5.01. The van der Waals surface area contributed by atoms with Gasteiger partial charge in [-0.05, 0) is 0 Å². The van der Waals surface area contributed by atoms with E-state index in [1.807, 2.05) is 0 Å². The molecule has 0 aliphatic carbocycles. The van der Waals surface area contributed by atoms with E-state index < -0.39 is 11.9 Å². The molecule has 0 fully saturated rings. The molecule has 54 valence electrons. The Morgan fingerprint density at radius 2 is 0.714 bits per heavy atom. The van der Waals surface area contributed by atoms with Crippen LogP contribution in [-0.4, -0.2) is 0 Å². The molecular formula is H4Cl4N2Pt-2. The molecule has 4 N–H and O–H groups in total. The summed E-state index contributed by atoms with van der Waals surface area (Å²) in [4.78, 5) is 0. The summed E-state index contributed by atoms with van der Waals surface area (Å²) in [7, 11) is 20.0. The minimum Gasteiger partial charge on any atom is -0.693 e. The first-order valence-electron chi connectivity index (χ1n) is 0.478. The third kappa shape index (κ3) is 82.7. The second-order valence-corrected chi connectivity index (χ2v) is 20.0. The van der Waals surface area contributed by atoms with Gasteiger partial charge in [-0.3, -0.25) is 0 Å². The molecular weight excluding hydrogens is 365 g/mol. The largest absolute Gasteiger partial charge is 0.693 e. The van der Waals surface area contributed by atoms with Crippen LogP contribution in [0.2, 0.25) is 0 Å². The average molecular weight is 369 g/mol. The molecule has 0 heterocycles. The molecule has 2 nitrogen and oxygen atoms in total. The number of hydrogen-bond acceptors (Lipinski definition) is 0. The Morgan fingerprint density at radius 3 is 0.714 bits per heavy atom. The van der Waals surface area contributed by atoms with Crippen molar-refractivity contribution in [2.75, 3.05) is 0 Å². The van der Waals surface area contributed by atoms with E-state index in [0.29, 0.717) is 0 Å². The summed E-state index contributed by atoms with van der Waals surface area (Å²) in [6.45, 7) is 0. The standard InChI is InChI=1S/4ClH.2H2N.Pt/h4*1H;2*1H2;/q;;;;2*-1;+4/p-4. The van der Waals surface area contributed by atoms with Crippen molar-refractivity contribution in [3.05, 3.63) is 12.3 Å². The molecule has 0 aliphatic rings. The molecule has 0 unspecified atom stereocenters. The first-order chi connectivity index (χ1) is 2.00. The molecule has 0 spiro atoms. The van der Waals surface area contributed by atoms with Gasteiger partial charge in [-0.25, -0.2) is 0 Å². The molecule has 0 aromatic carbocycles. The zero-order valence-corrected chi connectivity index (χ0v) is 8.28. The molecule has 0 radical (unpaired) electrons. The quantitative estimate of drug-likeness (QED) is 0.615. The Hall–Kier alpha value is 1.77. The maximum absolute atomic E-state index is 5.01.